The van der Waals surface area contributed by atoms with E-state index >= 15 is 0 Å². The molecule has 0 spiro atoms. The Bertz CT molecular complexity index is 366. The van der Waals surface area contributed by atoms with Crippen LogP contribution in [0.1, 0.15) is 5.56 Å². The van der Waals surface area contributed by atoms with Gasteiger partial charge in [-0.05, 0) is 38.4 Å². The van der Waals surface area contributed by atoms with Gasteiger partial charge in [0.25, 0.3) is 0 Å². The summed E-state index contributed by atoms with van der Waals surface area (Å²) in [6.45, 7) is 1.15. The predicted octanol–water partition coefficient (Wildman–Crippen LogP) is 1.63. The molecule has 3 nitrogen and oxygen atoms in total. The minimum atomic E-state index is 0.0802. The Morgan fingerprint density at radius 1 is 1.35 bits per heavy atom. The third-order valence-corrected chi connectivity index (χ3v) is 3.21. The summed E-state index contributed by atoms with van der Waals surface area (Å²) in [6, 6.07) is 8.31. The average molecular weight is 252 g/mol. The lowest BCUT2D eigenvalue weighted by molar-refractivity contribution is -0.121. The van der Waals surface area contributed by atoms with Crippen LogP contribution < -0.4 is 5.32 Å². The number of hydrogen-bond donors (Lipinski definition) is 1. The van der Waals surface area contributed by atoms with Crippen molar-refractivity contribution in [2.75, 3.05) is 33.4 Å². The zero-order chi connectivity index (χ0) is 12.7. The Morgan fingerprint density at radius 3 is 2.71 bits per heavy atom. The molecule has 0 fully saturated rings. The van der Waals surface area contributed by atoms with Crippen molar-refractivity contribution in [3.8, 4) is 0 Å². The highest BCUT2D eigenvalue weighted by Gasteiger charge is 2.03. The number of thioether (sulfide) groups is 1. The number of nitrogens with zero attached hydrogens (tertiary/aromatic N) is 1. The van der Waals surface area contributed by atoms with Crippen LogP contribution in [0.15, 0.2) is 29.2 Å². The van der Waals surface area contributed by atoms with Gasteiger partial charge in [0.05, 0.1) is 6.54 Å². The summed E-state index contributed by atoms with van der Waals surface area (Å²) in [5.41, 5.74) is 1.30. The molecule has 1 N–H and O–H groups in total. The maximum atomic E-state index is 11.4. The molecule has 0 saturated carbocycles. The highest BCUT2D eigenvalue weighted by Crippen LogP contribution is 2.19. The molecule has 1 aromatic carbocycles. The second-order valence-corrected chi connectivity index (χ2v) is 5.00. The van der Waals surface area contributed by atoms with Crippen LogP contribution in [0.5, 0.6) is 0 Å². The minimum absolute atomic E-state index is 0.0802. The molecule has 1 amide bonds. The molecule has 0 aliphatic heterocycles. The molecule has 0 radical (unpaired) electrons. The van der Waals surface area contributed by atoms with Crippen molar-refractivity contribution in [2.45, 2.75) is 11.3 Å². The fourth-order valence-corrected chi connectivity index (χ4v) is 2.24. The third kappa shape index (κ3) is 5.24. The molecule has 0 heterocycles. The van der Waals surface area contributed by atoms with Crippen molar-refractivity contribution >= 4 is 17.7 Å². The van der Waals surface area contributed by atoms with Gasteiger partial charge in [-0.3, -0.25) is 4.79 Å². The van der Waals surface area contributed by atoms with Gasteiger partial charge in [0.15, 0.2) is 0 Å². The Hall–Kier alpha value is -1.00. The zero-order valence-corrected chi connectivity index (χ0v) is 11.5. The van der Waals surface area contributed by atoms with Gasteiger partial charge in [-0.2, -0.15) is 0 Å². The second-order valence-electron chi connectivity index (χ2n) is 4.15. The lowest BCUT2D eigenvalue weighted by Crippen LogP contribution is -2.34. The summed E-state index contributed by atoms with van der Waals surface area (Å²) >= 11 is 1.74. The van der Waals surface area contributed by atoms with Crippen LogP contribution in [0.3, 0.4) is 0 Å². The Labute approximate surface area is 108 Å². The van der Waals surface area contributed by atoms with Crippen LogP contribution in [-0.4, -0.2) is 44.2 Å². The number of nitrogens with one attached hydrogen (secondary N) is 1. The lowest BCUT2D eigenvalue weighted by Gasteiger charge is -2.11. The molecule has 0 atom stereocenters. The highest BCUT2D eigenvalue weighted by molar-refractivity contribution is 7.98. The normalized spacial score (nSPS) is 10.6. The molecular formula is C13H20N2OS. The first kappa shape index (κ1) is 14.1. The van der Waals surface area contributed by atoms with Gasteiger partial charge < -0.3 is 10.2 Å². The first-order valence-electron chi connectivity index (χ1n) is 5.67. The van der Waals surface area contributed by atoms with Gasteiger partial charge in [-0.1, -0.05) is 18.2 Å². The molecular weight excluding hydrogens is 232 g/mol. The quantitative estimate of drug-likeness (QED) is 0.781. The standard InChI is InChI=1S/C13H20N2OS/c1-15(2)10-13(16)14-9-8-11-6-4-5-7-12(11)17-3/h4-7H,8-10H2,1-3H3,(H,14,16). The van der Waals surface area contributed by atoms with Crippen LogP contribution >= 0.6 is 11.8 Å². The van der Waals surface area contributed by atoms with E-state index < -0.39 is 0 Å². The van der Waals surface area contributed by atoms with Crippen LogP contribution in [-0.2, 0) is 11.2 Å². The van der Waals surface area contributed by atoms with Crippen molar-refractivity contribution in [3.63, 3.8) is 0 Å². The molecule has 94 valence electrons. The topological polar surface area (TPSA) is 32.3 Å². The smallest absolute Gasteiger partial charge is 0.234 e. The SMILES string of the molecule is CSc1ccccc1CCNC(=O)CN(C)C. The number of benzene rings is 1. The molecule has 0 saturated heterocycles. The maximum absolute atomic E-state index is 11.4. The summed E-state index contributed by atoms with van der Waals surface area (Å²) in [4.78, 5) is 14.6. The summed E-state index contributed by atoms with van der Waals surface area (Å²) in [6.07, 6.45) is 2.96. The van der Waals surface area contributed by atoms with Crippen LogP contribution in [0.4, 0.5) is 0 Å². The van der Waals surface area contributed by atoms with Gasteiger partial charge >= 0.3 is 0 Å². The fourth-order valence-electron chi connectivity index (χ4n) is 1.59. The second kappa shape index (κ2) is 7.35. The molecule has 0 unspecified atom stereocenters. The average Bonchev–Trinajstić information content (AvgIpc) is 2.28. The van der Waals surface area contributed by atoms with E-state index in [0.29, 0.717) is 13.1 Å². The Kier molecular flexibility index (Phi) is 6.08. The molecule has 0 bridgehead atoms. The van der Waals surface area contributed by atoms with E-state index in [0.717, 1.165) is 6.42 Å². The molecule has 1 rings (SSSR count). The highest BCUT2D eigenvalue weighted by atomic mass is 32.2. The minimum Gasteiger partial charge on any atom is -0.355 e. The molecule has 1 aromatic rings. The predicted molar refractivity (Wildman–Crippen MR) is 73.5 cm³/mol. The van der Waals surface area contributed by atoms with E-state index in [2.05, 4.69) is 23.7 Å². The van der Waals surface area contributed by atoms with E-state index in [1.165, 1.54) is 10.5 Å². The Balaban J connectivity index is 2.38. The van der Waals surface area contributed by atoms with Crippen LogP contribution in [0, 0.1) is 0 Å². The van der Waals surface area contributed by atoms with Crippen molar-refractivity contribution in [2.24, 2.45) is 0 Å². The maximum Gasteiger partial charge on any atom is 0.234 e. The largest absolute Gasteiger partial charge is 0.355 e. The summed E-state index contributed by atoms with van der Waals surface area (Å²) in [7, 11) is 3.78. The van der Waals surface area contributed by atoms with E-state index in [9.17, 15) is 4.79 Å². The molecule has 17 heavy (non-hydrogen) atoms. The fraction of sp³-hybridized carbons (Fsp3) is 0.462. The van der Waals surface area contributed by atoms with E-state index in [4.69, 9.17) is 0 Å². The zero-order valence-electron chi connectivity index (χ0n) is 10.7. The number of carbonyl (C=O) groups is 1. The van der Waals surface area contributed by atoms with Gasteiger partial charge in [-0.15, -0.1) is 11.8 Å². The van der Waals surface area contributed by atoms with E-state index in [1.54, 1.807) is 11.8 Å². The summed E-state index contributed by atoms with van der Waals surface area (Å²) in [5.74, 6) is 0.0802. The van der Waals surface area contributed by atoms with Crippen molar-refractivity contribution < 1.29 is 4.79 Å². The van der Waals surface area contributed by atoms with E-state index in [1.807, 2.05) is 31.1 Å². The number of likely N-dealkylation sites (N-methyl/N-ethyl adjacent to an activating group) is 1. The van der Waals surface area contributed by atoms with Crippen molar-refractivity contribution in [3.05, 3.63) is 29.8 Å². The van der Waals surface area contributed by atoms with Gasteiger partial charge in [0, 0.05) is 11.4 Å². The molecule has 0 aromatic heterocycles. The van der Waals surface area contributed by atoms with Crippen molar-refractivity contribution in [1.82, 2.24) is 10.2 Å². The van der Waals surface area contributed by atoms with Gasteiger partial charge in [0.2, 0.25) is 5.91 Å². The molecule has 0 aliphatic carbocycles. The number of carbonyl (C=O) groups excluding carboxylic acids is 1. The number of amides is 1. The summed E-state index contributed by atoms with van der Waals surface area (Å²) < 4.78 is 0. The van der Waals surface area contributed by atoms with Gasteiger partial charge in [-0.25, -0.2) is 0 Å². The number of hydrogen-bond acceptors (Lipinski definition) is 3. The van der Waals surface area contributed by atoms with Crippen LogP contribution in [0.25, 0.3) is 0 Å². The first-order valence-corrected chi connectivity index (χ1v) is 6.89. The van der Waals surface area contributed by atoms with Crippen molar-refractivity contribution in [1.29, 1.82) is 0 Å². The van der Waals surface area contributed by atoms with E-state index in [-0.39, 0.29) is 5.91 Å². The first-order chi connectivity index (χ1) is 8.13. The summed E-state index contributed by atoms with van der Waals surface area (Å²) in [5, 5.41) is 2.92. The Morgan fingerprint density at radius 2 is 2.06 bits per heavy atom. The molecule has 0 aliphatic rings. The van der Waals surface area contributed by atoms with Crippen LogP contribution in [0.2, 0.25) is 0 Å². The molecule has 4 heteroatoms. The lowest BCUT2D eigenvalue weighted by atomic mass is 10.1. The number of rotatable bonds is 6. The third-order valence-electron chi connectivity index (χ3n) is 2.37. The monoisotopic (exact) mass is 252 g/mol. The van der Waals surface area contributed by atoms with Gasteiger partial charge in [0.1, 0.15) is 0 Å².